The molecule has 6 heteroatoms. The minimum Gasteiger partial charge on any atom is -0.390 e. The van der Waals surface area contributed by atoms with Gasteiger partial charge in [-0.05, 0) is 22.2 Å². The monoisotopic (exact) mass is 401 g/mol. The van der Waals surface area contributed by atoms with Gasteiger partial charge in [0.05, 0.1) is 31.5 Å². The van der Waals surface area contributed by atoms with Crippen molar-refractivity contribution < 1.29 is 14.6 Å². The molecule has 6 nitrogen and oxygen atoms in total. The van der Waals surface area contributed by atoms with Gasteiger partial charge in [-0.25, -0.2) is 0 Å². The van der Waals surface area contributed by atoms with Crippen molar-refractivity contribution >= 4 is 0 Å². The Kier molecular flexibility index (Phi) is 6.12. The van der Waals surface area contributed by atoms with Crippen molar-refractivity contribution in [3.8, 4) is 0 Å². The number of ether oxygens (including phenoxy) is 2. The standard InChI is InChI=1S/C24H23N3O3/c25-27-26-23-21(28)16-29-22(23)17-30-24(18-10-4-1-5-11-18,19-12-6-2-7-13-19)20-14-8-3-9-15-20/h1-15,21-23,28H,16-17H2/t21-,22-,23+/m1/s1. The van der Waals surface area contributed by atoms with Crippen LogP contribution in [-0.2, 0) is 15.1 Å². The van der Waals surface area contributed by atoms with Gasteiger partial charge in [-0.3, -0.25) is 0 Å². The molecule has 1 aliphatic heterocycles. The van der Waals surface area contributed by atoms with E-state index in [9.17, 15) is 5.11 Å². The van der Waals surface area contributed by atoms with Crippen molar-refractivity contribution in [3.63, 3.8) is 0 Å². The van der Waals surface area contributed by atoms with Crippen LogP contribution in [0.2, 0.25) is 0 Å². The molecule has 0 radical (unpaired) electrons. The molecule has 3 aromatic carbocycles. The van der Waals surface area contributed by atoms with Crippen LogP contribution in [0.15, 0.2) is 96.1 Å². The van der Waals surface area contributed by atoms with Crippen LogP contribution in [0.5, 0.6) is 0 Å². The molecule has 0 unspecified atom stereocenters. The summed E-state index contributed by atoms with van der Waals surface area (Å²) in [7, 11) is 0. The third-order valence-corrected chi connectivity index (χ3v) is 5.45. The van der Waals surface area contributed by atoms with E-state index in [1.54, 1.807) is 0 Å². The van der Waals surface area contributed by atoms with Crippen molar-refractivity contribution in [2.45, 2.75) is 23.9 Å². The molecule has 1 N–H and O–H groups in total. The molecule has 3 aromatic rings. The van der Waals surface area contributed by atoms with E-state index < -0.39 is 23.9 Å². The predicted octanol–water partition coefficient (Wildman–Crippen LogP) is 4.43. The molecule has 4 rings (SSSR count). The molecule has 0 bridgehead atoms. The smallest absolute Gasteiger partial charge is 0.143 e. The van der Waals surface area contributed by atoms with Gasteiger partial charge in [-0.15, -0.1) is 0 Å². The maximum atomic E-state index is 10.1. The minimum absolute atomic E-state index is 0.118. The van der Waals surface area contributed by atoms with Gasteiger partial charge in [0.1, 0.15) is 5.60 Å². The number of benzene rings is 3. The maximum Gasteiger partial charge on any atom is 0.143 e. The Morgan fingerprint density at radius 2 is 1.37 bits per heavy atom. The van der Waals surface area contributed by atoms with Gasteiger partial charge in [0, 0.05) is 4.91 Å². The first-order chi connectivity index (χ1) is 14.8. The highest BCUT2D eigenvalue weighted by Gasteiger charge is 2.41. The van der Waals surface area contributed by atoms with E-state index in [1.165, 1.54) is 0 Å². The maximum absolute atomic E-state index is 10.1. The highest BCUT2D eigenvalue weighted by Crippen LogP contribution is 2.41. The van der Waals surface area contributed by atoms with Crippen molar-refractivity contribution in [2.75, 3.05) is 13.2 Å². The van der Waals surface area contributed by atoms with E-state index in [0.29, 0.717) is 0 Å². The fourth-order valence-corrected chi connectivity index (χ4v) is 4.00. The molecule has 1 heterocycles. The lowest BCUT2D eigenvalue weighted by atomic mass is 9.80. The van der Waals surface area contributed by atoms with Crippen molar-refractivity contribution in [3.05, 3.63) is 118 Å². The summed E-state index contributed by atoms with van der Waals surface area (Å²) >= 11 is 0. The van der Waals surface area contributed by atoms with E-state index in [-0.39, 0.29) is 13.2 Å². The number of azide groups is 1. The number of aliphatic hydroxyl groups excluding tert-OH is 1. The minimum atomic E-state index is -0.887. The number of rotatable bonds is 7. The average molecular weight is 401 g/mol. The topological polar surface area (TPSA) is 87.5 Å². The van der Waals surface area contributed by atoms with Crippen molar-refractivity contribution in [1.82, 2.24) is 0 Å². The highest BCUT2D eigenvalue weighted by molar-refractivity contribution is 5.47. The second-order valence-corrected chi connectivity index (χ2v) is 7.22. The first-order valence-corrected chi connectivity index (χ1v) is 9.90. The molecule has 0 spiro atoms. The Bertz CT molecular complexity index is 895. The zero-order valence-electron chi connectivity index (χ0n) is 16.4. The van der Waals surface area contributed by atoms with Crippen LogP contribution < -0.4 is 0 Å². The lowest BCUT2D eigenvalue weighted by Crippen LogP contribution is -2.38. The van der Waals surface area contributed by atoms with Crippen LogP contribution >= 0.6 is 0 Å². The van der Waals surface area contributed by atoms with E-state index in [4.69, 9.17) is 15.0 Å². The molecule has 1 fully saturated rings. The summed E-state index contributed by atoms with van der Waals surface area (Å²) in [5, 5.41) is 13.9. The Morgan fingerprint density at radius 1 is 0.900 bits per heavy atom. The molecule has 0 aliphatic carbocycles. The average Bonchev–Trinajstić information content (AvgIpc) is 3.16. The third kappa shape index (κ3) is 3.82. The summed E-state index contributed by atoms with van der Waals surface area (Å²) in [4.78, 5) is 2.87. The number of nitrogens with zero attached hydrogens (tertiary/aromatic N) is 3. The highest BCUT2D eigenvalue weighted by atomic mass is 16.6. The Labute approximate surface area is 175 Å². The summed E-state index contributed by atoms with van der Waals surface area (Å²) < 4.78 is 12.4. The quantitative estimate of drug-likeness (QED) is 0.275. The number of aliphatic hydroxyl groups is 1. The second kappa shape index (κ2) is 9.11. The summed E-state index contributed by atoms with van der Waals surface area (Å²) in [5.74, 6) is 0. The summed E-state index contributed by atoms with van der Waals surface area (Å²) in [6.45, 7) is 0.270. The largest absolute Gasteiger partial charge is 0.390 e. The zero-order chi connectivity index (χ0) is 20.8. The van der Waals surface area contributed by atoms with Crippen molar-refractivity contribution in [1.29, 1.82) is 0 Å². The molecule has 0 saturated carbocycles. The summed E-state index contributed by atoms with van der Waals surface area (Å²) in [5.41, 5.74) is 10.9. The third-order valence-electron chi connectivity index (χ3n) is 5.45. The number of hydrogen-bond donors (Lipinski definition) is 1. The molecule has 0 aromatic heterocycles. The van der Waals surface area contributed by atoms with Crippen LogP contribution in [0.4, 0.5) is 0 Å². The fraction of sp³-hybridized carbons (Fsp3) is 0.250. The van der Waals surface area contributed by atoms with E-state index in [1.807, 2.05) is 91.0 Å². The number of hydrogen-bond acceptors (Lipinski definition) is 4. The van der Waals surface area contributed by atoms with E-state index >= 15 is 0 Å². The second-order valence-electron chi connectivity index (χ2n) is 7.22. The first kappa shape index (κ1) is 20.1. The van der Waals surface area contributed by atoms with Gasteiger partial charge in [0.15, 0.2) is 0 Å². The van der Waals surface area contributed by atoms with E-state index in [2.05, 4.69) is 10.0 Å². The van der Waals surface area contributed by atoms with Crippen LogP contribution in [-0.4, -0.2) is 36.6 Å². The van der Waals surface area contributed by atoms with Crippen LogP contribution in [0.1, 0.15) is 16.7 Å². The first-order valence-electron chi connectivity index (χ1n) is 9.90. The normalized spacial score (nSPS) is 21.2. The fourth-order valence-electron chi connectivity index (χ4n) is 4.00. The molecule has 1 aliphatic rings. The molecule has 1 saturated heterocycles. The van der Waals surface area contributed by atoms with Gasteiger partial charge < -0.3 is 14.6 Å². The van der Waals surface area contributed by atoms with Gasteiger partial charge in [0.2, 0.25) is 0 Å². The molecule has 3 atom stereocenters. The van der Waals surface area contributed by atoms with Gasteiger partial charge in [-0.2, -0.15) is 0 Å². The Morgan fingerprint density at radius 3 is 1.80 bits per heavy atom. The molecule has 152 valence electrons. The zero-order valence-corrected chi connectivity index (χ0v) is 16.4. The molecular formula is C24H23N3O3. The van der Waals surface area contributed by atoms with Crippen LogP contribution in [0, 0.1) is 0 Å². The molecule has 30 heavy (non-hydrogen) atoms. The Hall–Kier alpha value is -3.15. The van der Waals surface area contributed by atoms with E-state index in [0.717, 1.165) is 16.7 Å². The van der Waals surface area contributed by atoms with Gasteiger partial charge in [-0.1, -0.05) is 96.1 Å². The van der Waals surface area contributed by atoms with Gasteiger partial charge >= 0.3 is 0 Å². The summed E-state index contributed by atoms with van der Waals surface area (Å²) in [6.07, 6.45) is -1.37. The van der Waals surface area contributed by atoms with Gasteiger partial charge in [0.25, 0.3) is 0 Å². The Balaban J connectivity index is 1.80. The summed E-state index contributed by atoms with van der Waals surface area (Å²) in [6, 6.07) is 29.4. The SMILES string of the molecule is [N-]=[N+]=N[C@H]1[C@H](O)CO[C@@H]1COC(c1ccccc1)(c1ccccc1)c1ccccc1. The lowest BCUT2D eigenvalue weighted by molar-refractivity contribution is -0.0487. The lowest BCUT2D eigenvalue weighted by Gasteiger charge is -2.37. The predicted molar refractivity (Wildman–Crippen MR) is 114 cm³/mol. The molecule has 0 amide bonds. The van der Waals surface area contributed by atoms with Crippen molar-refractivity contribution in [2.24, 2.45) is 5.11 Å². The van der Waals surface area contributed by atoms with Crippen LogP contribution in [0.25, 0.3) is 10.4 Å². The van der Waals surface area contributed by atoms with Crippen LogP contribution in [0.3, 0.4) is 0 Å². The molecular weight excluding hydrogens is 378 g/mol.